The molecule has 0 aliphatic rings. The van der Waals surface area contributed by atoms with Crippen molar-refractivity contribution in [2.45, 2.75) is 25.9 Å². The van der Waals surface area contributed by atoms with Gasteiger partial charge in [0.2, 0.25) is 0 Å². The molecule has 0 amide bonds. The summed E-state index contributed by atoms with van der Waals surface area (Å²) in [6, 6.07) is 1.85. The molecule has 0 saturated carbocycles. The first kappa shape index (κ1) is 15.6. The second-order valence-corrected chi connectivity index (χ2v) is 9.90. The summed E-state index contributed by atoms with van der Waals surface area (Å²) < 4.78 is 24.4. The quantitative estimate of drug-likeness (QED) is 0.787. The standard InChI is InChI=1S/C10H14Br2O3S2/c1-2-17(14,15)5-3-4-8(13)7-6-9(11)16-10(7)12/h6,8,13H,2-5H2,1H3. The molecular weight excluding hydrogens is 392 g/mol. The van der Waals surface area contributed by atoms with Gasteiger partial charge in [-0.15, -0.1) is 11.3 Å². The third kappa shape index (κ3) is 4.98. The maximum atomic E-state index is 11.3. The van der Waals surface area contributed by atoms with E-state index in [1.54, 1.807) is 6.92 Å². The molecule has 0 aliphatic heterocycles. The number of thiophene rings is 1. The maximum absolute atomic E-state index is 11.3. The minimum absolute atomic E-state index is 0.142. The van der Waals surface area contributed by atoms with Crippen LogP contribution in [0, 0.1) is 0 Å². The lowest BCUT2D eigenvalue weighted by Crippen LogP contribution is -2.09. The summed E-state index contributed by atoms with van der Waals surface area (Å²) in [5.74, 6) is 0.306. The fraction of sp³-hybridized carbons (Fsp3) is 0.600. The minimum atomic E-state index is -2.93. The topological polar surface area (TPSA) is 54.4 Å². The lowest BCUT2D eigenvalue weighted by atomic mass is 10.1. The zero-order valence-electron chi connectivity index (χ0n) is 9.32. The Morgan fingerprint density at radius 3 is 2.59 bits per heavy atom. The Hall–Kier alpha value is 0.570. The molecule has 1 aromatic heterocycles. The van der Waals surface area contributed by atoms with Crippen molar-refractivity contribution in [3.63, 3.8) is 0 Å². The zero-order chi connectivity index (χ0) is 13.1. The van der Waals surface area contributed by atoms with E-state index in [2.05, 4.69) is 31.9 Å². The van der Waals surface area contributed by atoms with Crippen LogP contribution in [0.1, 0.15) is 31.4 Å². The van der Waals surface area contributed by atoms with Crippen molar-refractivity contribution in [3.8, 4) is 0 Å². The molecule has 1 rings (SSSR count). The molecule has 0 bridgehead atoms. The summed E-state index contributed by atoms with van der Waals surface area (Å²) in [5, 5.41) is 9.95. The number of sulfone groups is 1. The highest BCUT2D eigenvalue weighted by atomic mass is 79.9. The molecule has 0 spiro atoms. The molecule has 0 aliphatic carbocycles. The summed E-state index contributed by atoms with van der Waals surface area (Å²) in [7, 11) is -2.93. The molecule has 1 heterocycles. The van der Waals surface area contributed by atoms with Gasteiger partial charge in [0.25, 0.3) is 0 Å². The summed E-state index contributed by atoms with van der Waals surface area (Å²) in [6.45, 7) is 1.64. The second kappa shape index (κ2) is 6.65. The van der Waals surface area contributed by atoms with E-state index in [0.717, 1.165) is 13.1 Å². The van der Waals surface area contributed by atoms with E-state index in [1.165, 1.54) is 11.3 Å². The Morgan fingerprint density at radius 2 is 2.12 bits per heavy atom. The molecule has 17 heavy (non-hydrogen) atoms. The molecule has 0 saturated heterocycles. The largest absolute Gasteiger partial charge is 0.388 e. The molecule has 1 atom stereocenters. The van der Waals surface area contributed by atoms with Crippen LogP contribution in [0.5, 0.6) is 0 Å². The Bertz CT molecular complexity index is 468. The van der Waals surface area contributed by atoms with Gasteiger partial charge in [-0.3, -0.25) is 0 Å². The van der Waals surface area contributed by atoms with Crippen LogP contribution in [-0.4, -0.2) is 25.0 Å². The van der Waals surface area contributed by atoms with Crippen LogP contribution in [0.15, 0.2) is 13.6 Å². The summed E-state index contributed by atoms with van der Waals surface area (Å²) in [6.07, 6.45) is 0.331. The first-order valence-corrected chi connectivity index (χ1v) is 9.41. The second-order valence-electron chi connectivity index (χ2n) is 3.67. The SMILES string of the molecule is CCS(=O)(=O)CCCC(O)c1cc(Br)sc1Br. The van der Waals surface area contributed by atoms with E-state index >= 15 is 0 Å². The molecule has 98 valence electrons. The number of hydrogen-bond donors (Lipinski definition) is 1. The van der Waals surface area contributed by atoms with Gasteiger partial charge in [0.05, 0.1) is 19.4 Å². The normalized spacial score (nSPS) is 13.9. The first-order valence-electron chi connectivity index (χ1n) is 5.19. The molecule has 1 unspecified atom stereocenters. The maximum Gasteiger partial charge on any atom is 0.150 e. The summed E-state index contributed by atoms with van der Waals surface area (Å²) in [4.78, 5) is 0. The lowest BCUT2D eigenvalue weighted by Gasteiger charge is -2.09. The van der Waals surface area contributed by atoms with E-state index in [4.69, 9.17) is 0 Å². The fourth-order valence-corrected chi connectivity index (χ4v) is 5.23. The predicted octanol–water partition coefficient (Wildman–Crippen LogP) is 3.52. The molecule has 0 fully saturated rings. The summed E-state index contributed by atoms with van der Waals surface area (Å²) in [5.41, 5.74) is 0.816. The van der Waals surface area contributed by atoms with Gasteiger partial charge in [0.1, 0.15) is 9.84 Å². The number of halogens is 2. The van der Waals surface area contributed by atoms with Crippen LogP contribution in [-0.2, 0) is 9.84 Å². The van der Waals surface area contributed by atoms with Crippen LogP contribution in [0.3, 0.4) is 0 Å². The zero-order valence-corrected chi connectivity index (χ0v) is 14.1. The molecule has 0 radical (unpaired) electrons. The molecule has 7 heteroatoms. The average Bonchev–Trinajstić information content (AvgIpc) is 2.57. The van der Waals surface area contributed by atoms with Gasteiger partial charge in [-0.2, -0.15) is 0 Å². The average molecular weight is 406 g/mol. The van der Waals surface area contributed by atoms with Crippen LogP contribution >= 0.6 is 43.2 Å². The molecule has 1 N–H and O–H groups in total. The van der Waals surface area contributed by atoms with Gasteiger partial charge in [-0.1, -0.05) is 6.92 Å². The Kier molecular flexibility index (Phi) is 6.12. The van der Waals surface area contributed by atoms with Crippen LogP contribution < -0.4 is 0 Å². The van der Waals surface area contributed by atoms with Gasteiger partial charge < -0.3 is 5.11 Å². The monoisotopic (exact) mass is 404 g/mol. The molecule has 1 aromatic rings. The highest BCUT2D eigenvalue weighted by molar-refractivity contribution is 9.12. The third-order valence-electron chi connectivity index (χ3n) is 2.41. The van der Waals surface area contributed by atoms with Crippen molar-refractivity contribution >= 4 is 53.0 Å². The van der Waals surface area contributed by atoms with Gasteiger partial charge in [0, 0.05) is 11.3 Å². The Morgan fingerprint density at radius 1 is 1.47 bits per heavy atom. The summed E-state index contributed by atoms with van der Waals surface area (Å²) >= 11 is 8.21. The van der Waals surface area contributed by atoms with Crippen molar-refractivity contribution < 1.29 is 13.5 Å². The number of hydrogen-bond acceptors (Lipinski definition) is 4. The van der Waals surface area contributed by atoms with Crippen molar-refractivity contribution in [3.05, 3.63) is 19.2 Å². The van der Waals surface area contributed by atoms with Crippen LogP contribution in [0.25, 0.3) is 0 Å². The van der Waals surface area contributed by atoms with Crippen molar-refractivity contribution in [1.82, 2.24) is 0 Å². The number of rotatable bonds is 6. The molecule has 3 nitrogen and oxygen atoms in total. The number of aliphatic hydroxyl groups is 1. The van der Waals surface area contributed by atoms with E-state index < -0.39 is 15.9 Å². The predicted molar refractivity (Wildman–Crippen MR) is 78.2 cm³/mol. The highest BCUT2D eigenvalue weighted by Gasteiger charge is 2.16. The molecular formula is C10H14Br2O3S2. The van der Waals surface area contributed by atoms with E-state index in [9.17, 15) is 13.5 Å². The van der Waals surface area contributed by atoms with E-state index in [1.807, 2.05) is 6.07 Å². The van der Waals surface area contributed by atoms with Crippen LogP contribution in [0.4, 0.5) is 0 Å². The van der Waals surface area contributed by atoms with E-state index in [-0.39, 0.29) is 11.5 Å². The third-order valence-corrected chi connectivity index (χ3v) is 6.59. The molecule has 0 aromatic carbocycles. The number of aliphatic hydroxyl groups excluding tert-OH is 1. The van der Waals surface area contributed by atoms with Gasteiger partial charge >= 0.3 is 0 Å². The van der Waals surface area contributed by atoms with Gasteiger partial charge in [-0.05, 0) is 50.8 Å². The van der Waals surface area contributed by atoms with Gasteiger partial charge in [0.15, 0.2) is 0 Å². The Balaban J connectivity index is 2.51. The van der Waals surface area contributed by atoms with Crippen LogP contribution in [0.2, 0.25) is 0 Å². The minimum Gasteiger partial charge on any atom is -0.388 e. The van der Waals surface area contributed by atoms with E-state index in [0.29, 0.717) is 12.8 Å². The fourth-order valence-electron chi connectivity index (χ4n) is 1.38. The highest BCUT2D eigenvalue weighted by Crippen LogP contribution is 2.36. The smallest absolute Gasteiger partial charge is 0.150 e. The van der Waals surface area contributed by atoms with Crippen molar-refractivity contribution in [2.24, 2.45) is 0 Å². The lowest BCUT2D eigenvalue weighted by molar-refractivity contribution is 0.166. The Labute approximate surface area is 122 Å². The first-order chi connectivity index (χ1) is 7.85. The van der Waals surface area contributed by atoms with Crippen molar-refractivity contribution in [2.75, 3.05) is 11.5 Å². The van der Waals surface area contributed by atoms with Gasteiger partial charge in [-0.25, -0.2) is 8.42 Å². The van der Waals surface area contributed by atoms with Crippen molar-refractivity contribution in [1.29, 1.82) is 0 Å².